The molecule has 3 heteroatoms. The molecule has 1 atom stereocenters. The molecule has 1 aromatic rings. The lowest BCUT2D eigenvalue weighted by atomic mass is 10.2. The van der Waals surface area contributed by atoms with E-state index >= 15 is 0 Å². The summed E-state index contributed by atoms with van der Waals surface area (Å²) in [4.78, 5) is 4.17. The van der Waals surface area contributed by atoms with E-state index in [-0.39, 0.29) is 0 Å². The monoisotopic (exact) mass is 167 g/mol. The van der Waals surface area contributed by atoms with Crippen LogP contribution in [0.15, 0.2) is 12.1 Å². The van der Waals surface area contributed by atoms with Crippen molar-refractivity contribution in [2.75, 3.05) is 7.11 Å². The third kappa shape index (κ3) is 1.74. The van der Waals surface area contributed by atoms with Gasteiger partial charge in [-0.25, -0.2) is 0 Å². The van der Waals surface area contributed by atoms with Gasteiger partial charge in [-0.15, -0.1) is 0 Å². The van der Waals surface area contributed by atoms with Crippen molar-refractivity contribution in [2.24, 2.45) is 0 Å². The van der Waals surface area contributed by atoms with Crippen molar-refractivity contribution < 1.29 is 9.84 Å². The molecule has 1 unspecified atom stereocenters. The summed E-state index contributed by atoms with van der Waals surface area (Å²) in [6.07, 6.45) is -0.519. The molecular formula is C9H13NO2. The third-order valence-corrected chi connectivity index (χ3v) is 1.71. The maximum atomic E-state index is 9.21. The molecule has 3 nitrogen and oxygen atoms in total. The molecule has 12 heavy (non-hydrogen) atoms. The molecule has 0 bridgehead atoms. The van der Waals surface area contributed by atoms with E-state index in [1.54, 1.807) is 20.1 Å². The molecule has 1 N–H and O–H groups in total. The lowest BCUT2D eigenvalue weighted by molar-refractivity contribution is 0.194. The first-order valence-electron chi connectivity index (χ1n) is 3.84. The number of aliphatic hydroxyl groups is 1. The van der Waals surface area contributed by atoms with Crippen molar-refractivity contribution in [1.82, 2.24) is 4.98 Å². The SMILES string of the molecule is COc1ccc(C(C)O)nc1C. The predicted octanol–water partition coefficient (Wildman–Crippen LogP) is 1.45. The van der Waals surface area contributed by atoms with E-state index in [9.17, 15) is 5.11 Å². The van der Waals surface area contributed by atoms with Crippen LogP contribution in [0, 0.1) is 6.92 Å². The molecule has 0 radical (unpaired) electrons. The van der Waals surface area contributed by atoms with E-state index in [0.717, 1.165) is 11.4 Å². The summed E-state index contributed by atoms with van der Waals surface area (Å²) in [7, 11) is 1.60. The first-order valence-corrected chi connectivity index (χ1v) is 3.84. The zero-order valence-corrected chi connectivity index (χ0v) is 7.53. The highest BCUT2D eigenvalue weighted by Crippen LogP contribution is 2.18. The summed E-state index contributed by atoms with van der Waals surface area (Å²) in [5, 5.41) is 9.21. The van der Waals surface area contributed by atoms with Crippen LogP contribution < -0.4 is 4.74 Å². The maximum Gasteiger partial charge on any atom is 0.140 e. The van der Waals surface area contributed by atoms with Crippen LogP contribution >= 0.6 is 0 Å². The molecule has 66 valence electrons. The molecule has 0 aromatic carbocycles. The first kappa shape index (κ1) is 9.00. The van der Waals surface area contributed by atoms with Crippen LogP contribution in [0.4, 0.5) is 0 Å². The van der Waals surface area contributed by atoms with Crippen molar-refractivity contribution in [3.05, 3.63) is 23.5 Å². The lowest BCUT2D eigenvalue weighted by Gasteiger charge is -2.07. The fraction of sp³-hybridized carbons (Fsp3) is 0.444. The molecule has 1 rings (SSSR count). The lowest BCUT2D eigenvalue weighted by Crippen LogP contribution is -1.98. The van der Waals surface area contributed by atoms with E-state index in [2.05, 4.69) is 4.98 Å². The fourth-order valence-corrected chi connectivity index (χ4v) is 1.02. The molecule has 0 saturated carbocycles. The highest BCUT2D eigenvalue weighted by atomic mass is 16.5. The normalized spacial score (nSPS) is 12.7. The van der Waals surface area contributed by atoms with E-state index < -0.39 is 6.10 Å². The Morgan fingerprint density at radius 1 is 1.50 bits per heavy atom. The van der Waals surface area contributed by atoms with Gasteiger partial charge in [-0.1, -0.05) is 0 Å². The minimum Gasteiger partial charge on any atom is -0.495 e. The maximum absolute atomic E-state index is 9.21. The molecule has 0 amide bonds. The average molecular weight is 167 g/mol. The second-order valence-electron chi connectivity index (χ2n) is 2.70. The Morgan fingerprint density at radius 2 is 2.17 bits per heavy atom. The molecular weight excluding hydrogens is 154 g/mol. The van der Waals surface area contributed by atoms with Crippen LogP contribution in [0.1, 0.15) is 24.4 Å². The van der Waals surface area contributed by atoms with Crippen LogP contribution in [0.3, 0.4) is 0 Å². The van der Waals surface area contributed by atoms with E-state index in [0.29, 0.717) is 5.69 Å². The Morgan fingerprint density at radius 3 is 2.58 bits per heavy atom. The van der Waals surface area contributed by atoms with Crippen LogP contribution in [-0.2, 0) is 0 Å². The number of aryl methyl sites for hydroxylation is 1. The van der Waals surface area contributed by atoms with Crippen molar-refractivity contribution in [2.45, 2.75) is 20.0 Å². The molecule has 0 fully saturated rings. The van der Waals surface area contributed by atoms with E-state index in [1.165, 1.54) is 0 Å². The zero-order chi connectivity index (χ0) is 9.14. The minimum absolute atomic E-state index is 0.519. The largest absolute Gasteiger partial charge is 0.495 e. The van der Waals surface area contributed by atoms with E-state index in [4.69, 9.17) is 4.74 Å². The van der Waals surface area contributed by atoms with Crippen molar-refractivity contribution in [3.63, 3.8) is 0 Å². The number of ether oxygens (including phenoxy) is 1. The zero-order valence-electron chi connectivity index (χ0n) is 7.53. The number of hydrogen-bond acceptors (Lipinski definition) is 3. The minimum atomic E-state index is -0.519. The van der Waals surface area contributed by atoms with Crippen molar-refractivity contribution in [3.8, 4) is 5.75 Å². The van der Waals surface area contributed by atoms with Gasteiger partial charge < -0.3 is 9.84 Å². The predicted molar refractivity (Wildman–Crippen MR) is 46.2 cm³/mol. The molecule has 0 aliphatic carbocycles. The Balaban J connectivity index is 3.02. The summed E-state index contributed by atoms with van der Waals surface area (Å²) >= 11 is 0. The van der Waals surface area contributed by atoms with Gasteiger partial charge in [-0.3, -0.25) is 4.98 Å². The molecule has 0 saturated heterocycles. The number of pyridine rings is 1. The number of nitrogens with zero attached hydrogens (tertiary/aromatic N) is 1. The van der Waals surface area contributed by atoms with E-state index in [1.807, 2.05) is 13.0 Å². The Labute approximate surface area is 72.0 Å². The number of methoxy groups -OCH3 is 1. The van der Waals surface area contributed by atoms with Crippen molar-refractivity contribution in [1.29, 1.82) is 0 Å². The fourth-order valence-electron chi connectivity index (χ4n) is 1.02. The Bertz CT molecular complexity index is 271. The molecule has 0 aliphatic heterocycles. The van der Waals surface area contributed by atoms with Gasteiger partial charge in [0.2, 0.25) is 0 Å². The molecule has 1 aromatic heterocycles. The van der Waals surface area contributed by atoms with Gasteiger partial charge in [0.05, 0.1) is 24.6 Å². The van der Waals surface area contributed by atoms with Crippen LogP contribution in [0.25, 0.3) is 0 Å². The molecule has 1 heterocycles. The number of aliphatic hydroxyl groups excluding tert-OH is 1. The second-order valence-corrected chi connectivity index (χ2v) is 2.70. The second kappa shape index (κ2) is 3.54. The van der Waals surface area contributed by atoms with Gasteiger partial charge in [0.25, 0.3) is 0 Å². The summed E-state index contributed by atoms with van der Waals surface area (Å²) in [5.41, 5.74) is 1.48. The van der Waals surface area contributed by atoms with Gasteiger partial charge in [-0.05, 0) is 26.0 Å². The van der Waals surface area contributed by atoms with Gasteiger partial charge >= 0.3 is 0 Å². The van der Waals surface area contributed by atoms with Crippen LogP contribution in [0.2, 0.25) is 0 Å². The Kier molecular flexibility index (Phi) is 2.65. The highest BCUT2D eigenvalue weighted by molar-refractivity contribution is 5.28. The highest BCUT2D eigenvalue weighted by Gasteiger charge is 2.05. The number of hydrogen-bond donors (Lipinski definition) is 1. The standard InChI is InChI=1S/C9H13NO2/c1-6-9(12-3)5-4-8(10-6)7(2)11/h4-5,7,11H,1-3H3. The van der Waals surface area contributed by atoms with Crippen molar-refractivity contribution >= 4 is 0 Å². The van der Waals surface area contributed by atoms with Gasteiger partial charge in [0.1, 0.15) is 5.75 Å². The quantitative estimate of drug-likeness (QED) is 0.725. The van der Waals surface area contributed by atoms with Crippen LogP contribution in [0.5, 0.6) is 5.75 Å². The smallest absolute Gasteiger partial charge is 0.140 e. The molecule has 0 aliphatic rings. The molecule has 0 spiro atoms. The summed E-state index contributed by atoms with van der Waals surface area (Å²) in [6.45, 7) is 3.54. The summed E-state index contributed by atoms with van der Waals surface area (Å²) in [6, 6.07) is 3.57. The third-order valence-electron chi connectivity index (χ3n) is 1.71. The van der Waals surface area contributed by atoms with Crippen LogP contribution in [-0.4, -0.2) is 17.2 Å². The number of aromatic nitrogens is 1. The summed E-state index contributed by atoms with van der Waals surface area (Å²) in [5.74, 6) is 0.749. The van der Waals surface area contributed by atoms with Gasteiger partial charge in [0.15, 0.2) is 0 Å². The Hall–Kier alpha value is -1.09. The van der Waals surface area contributed by atoms with Gasteiger partial charge in [0, 0.05) is 0 Å². The average Bonchev–Trinajstić information content (AvgIpc) is 2.04. The number of rotatable bonds is 2. The van der Waals surface area contributed by atoms with Gasteiger partial charge in [-0.2, -0.15) is 0 Å². The first-order chi connectivity index (χ1) is 5.65. The topological polar surface area (TPSA) is 42.4 Å². The summed E-state index contributed by atoms with van der Waals surface area (Å²) < 4.78 is 5.04.